The van der Waals surface area contributed by atoms with Gasteiger partial charge in [-0.3, -0.25) is 19.8 Å². The number of nitrogens with zero attached hydrogens (tertiary/aromatic N) is 2. The Labute approximate surface area is 273 Å². The molecule has 12 nitrogen and oxygen atoms in total. The third-order valence-corrected chi connectivity index (χ3v) is 10.0. The number of nitro groups is 1. The molecule has 246 valence electrons. The second kappa shape index (κ2) is 13.2. The molecule has 1 saturated heterocycles. The molecule has 0 saturated carbocycles. The molecule has 0 unspecified atom stereocenters. The number of fused-ring (bicyclic) bond motifs is 2. The Hall–Kier alpha value is -4.75. The van der Waals surface area contributed by atoms with Crippen molar-refractivity contribution in [1.29, 1.82) is 0 Å². The summed E-state index contributed by atoms with van der Waals surface area (Å²) in [6, 6.07) is 15.1. The van der Waals surface area contributed by atoms with Crippen molar-refractivity contribution < 1.29 is 37.9 Å². The minimum absolute atomic E-state index is 0.00217. The van der Waals surface area contributed by atoms with Gasteiger partial charge in [0.05, 0.1) is 17.6 Å². The van der Waals surface area contributed by atoms with E-state index in [1.54, 1.807) is 43.3 Å². The van der Waals surface area contributed by atoms with E-state index in [1.165, 1.54) is 25.1 Å². The Morgan fingerprint density at radius 1 is 1.13 bits per heavy atom. The van der Waals surface area contributed by atoms with E-state index in [-0.39, 0.29) is 34.0 Å². The molecular weight excluding hydrogens is 624 g/mol. The van der Waals surface area contributed by atoms with Gasteiger partial charge in [0.15, 0.2) is 0 Å². The molecule has 47 heavy (non-hydrogen) atoms. The molecule has 4 atom stereocenters. The fraction of sp³-hybridized carbons (Fsp3) is 0.382. The Morgan fingerprint density at radius 2 is 1.81 bits per heavy atom. The molecule has 2 aromatic carbocycles. The van der Waals surface area contributed by atoms with E-state index in [4.69, 9.17) is 18.3 Å². The molecular formula is C34H36N2O10Si. The highest BCUT2D eigenvalue weighted by Gasteiger charge is 2.72. The van der Waals surface area contributed by atoms with E-state index in [0.29, 0.717) is 17.1 Å². The van der Waals surface area contributed by atoms with Crippen molar-refractivity contribution in [3.63, 3.8) is 0 Å². The molecule has 3 aromatic rings. The quantitative estimate of drug-likeness (QED) is 0.0868. The fourth-order valence-corrected chi connectivity index (χ4v) is 6.70. The maximum atomic E-state index is 13.2. The van der Waals surface area contributed by atoms with E-state index < -0.39 is 51.7 Å². The molecule has 13 heteroatoms. The van der Waals surface area contributed by atoms with Crippen LogP contribution in [0.2, 0.25) is 6.04 Å². The second-order valence-electron chi connectivity index (χ2n) is 13.0. The van der Waals surface area contributed by atoms with Gasteiger partial charge in [-0.15, -0.1) is 0 Å². The van der Waals surface area contributed by atoms with E-state index in [9.17, 15) is 29.6 Å². The van der Waals surface area contributed by atoms with Gasteiger partial charge in [0.1, 0.15) is 42.0 Å². The number of benzene rings is 2. The van der Waals surface area contributed by atoms with Crippen LogP contribution in [0.4, 0.5) is 0 Å². The summed E-state index contributed by atoms with van der Waals surface area (Å²) in [7, 11) is 0.100. The average molecular weight is 661 g/mol. The van der Waals surface area contributed by atoms with Crippen LogP contribution >= 0.6 is 0 Å². The largest absolute Gasteiger partial charge is 0.490 e. The number of carboxylic acid groups (broad SMARTS) is 1. The summed E-state index contributed by atoms with van der Waals surface area (Å²) >= 11 is 0. The number of β-lactam (4-membered cyclic amide) rings is 1. The van der Waals surface area contributed by atoms with Crippen molar-refractivity contribution in [1.82, 2.24) is 4.90 Å². The molecule has 1 aromatic heterocycles. The number of rotatable bonds is 13. The molecule has 0 spiro atoms. The standard InChI is InChI=1S/C34H36N2O10Si/c1-20(46-47-19-33(2,3)4)28-30-34(5,36(41)42)25(29(32(39)40)35(30)31(28)38)7-6-16-43-23-12-8-21(9-13-23)18-44-24-14-10-22-11-15-27(37)45-26(22)17-24/h6-15,17,20,28,30H,16,18-19H2,1-5H3,(H,39,40)/b7-6+/t20-,28-,30-,34+/m1/s1. The average Bonchev–Trinajstić information content (AvgIpc) is 3.23. The van der Waals surface area contributed by atoms with Crippen LogP contribution in [-0.4, -0.2) is 60.9 Å². The van der Waals surface area contributed by atoms with E-state index in [0.717, 1.165) is 21.9 Å². The molecule has 2 aliphatic heterocycles. The lowest BCUT2D eigenvalue weighted by atomic mass is 9.73. The lowest BCUT2D eigenvalue weighted by Crippen LogP contribution is -2.70. The molecule has 2 aliphatic rings. The summed E-state index contributed by atoms with van der Waals surface area (Å²) in [6.45, 7) is 9.53. The topological polar surface area (TPSA) is 159 Å². The Kier molecular flexibility index (Phi) is 9.41. The van der Waals surface area contributed by atoms with Crippen LogP contribution in [0.3, 0.4) is 0 Å². The van der Waals surface area contributed by atoms with E-state index >= 15 is 0 Å². The zero-order valence-electron chi connectivity index (χ0n) is 26.7. The summed E-state index contributed by atoms with van der Waals surface area (Å²) in [5, 5.41) is 23.3. The zero-order valence-corrected chi connectivity index (χ0v) is 27.7. The van der Waals surface area contributed by atoms with Crippen LogP contribution in [0, 0.1) is 21.4 Å². The van der Waals surface area contributed by atoms with E-state index in [1.807, 2.05) is 12.1 Å². The first kappa shape index (κ1) is 33.6. The van der Waals surface area contributed by atoms with E-state index in [2.05, 4.69) is 20.8 Å². The molecule has 1 N–H and O–H groups in total. The van der Waals surface area contributed by atoms with Gasteiger partial charge in [0.2, 0.25) is 15.7 Å². The van der Waals surface area contributed by atoms with Gasteiger partial charge >= 0.3 is 11.6 Å². The number of carbonyl (C=O) groups is 2. The predicted molar refractivity (Wildman–Crippen MR) is 173 cm³/mol. The van der Waals surface area contributed by atoms with Crippen molar-refractivity contribution >= 4 is 32.6 Å². The van der Waals surface area contributed by atoms with Crippen LogP contribution < -0.4 is 15.1 Å². The maximum Gasteiger partial charge on any atom is 0.353 e. The van der Waals surface area contributed by atoms with Crippen LogP contribution in [0.15, 0.2) is 87.2 Å². The number of carboxylic acids is 1. The monoisotopic (exact) mass is 660 g/mol. The highest BCUT2D eigenvalue weighted by atomic mass is 28.2. The van der Waals surface area contributed by atoms with Gasteiger partial charge in [-0.1, -0.05) is 39.0 Å². The number of ether oxygens (including phenoxy) is 2. The predicted octanol–water partition coefficient (Wildman–Crippen LogP) is 5.01. The molecule has 0 bridgehead atoms. The van der Waals surface area contributed by atoms with Gasteiger partial charge in [0, 0.05) is 29.4 Å². The van der Waals surface area contributed by atoms with Crippen LogP contribution in [0.1, 0.15) is 40.2 Å². The molecule has 2 radical (unpaired) electrons. The van der Waals surface area contributed by atoms with Crippen molar-refractivity contribution in [3.8, 4) is 11.5 Å². The van der Waals surface area contributed by atoms with Crippen molar-refractivity contribution in [3.05, 3.63) is 104 Å². The number of carbonyl (C=O) groups excluding carboxylic acids is 1. The molecule has 0 aliphatic carbocycles. The first-order valence-corrected chi connectivity index (χ1v) is 16.2. The highest BCUT2D eigenvalue weighted by Crippen LogP contribution is 2.51. The summed E-state index contributed by atoms with van der Waals surface area (Å²) in [5.74, 6) is -1.70. The van der Waals surface area contributed by atoms with Gasteiger partial charge < -0.3 is 23.4 Å². The Morgan fingerprint density at radius 3 is 2.47 bits per heavy atom. The Bertz CT molecular complexity index is 1810. The molecule has 1 amide bonds. The van der Waals surface area contributed by atoms with Crippen molar-refractivity contribution in [2.45, 2.75) is 65.0 Å². The first-order valence-electron chi connectivity index (χ1n) is 15.1. The van der Waals surface area contributed by atoms with Crippen molar-refractivity contribution in [2.24, 2.45) is 11.3 Å². The number of hydrogen-bond donors (Lipinski definition) is 1. The number of aliphatic carboxylic acids is 1. The molecule has 1 fully saturated rings. The Balaban J connectivity index is 1.22. The third-order valence-electron chi connectivity index (χ3n) is 8.27. The fourth-order valence-electron chi connectivity index (χ4n) is 5.77. The number of hydrogen-bond acceptors (Lipinski definition) is 9. The second-order valence-corrected chi connectivity index (χ2v) is 13.8. The molecule has 3 heterocycles. The summed E-state index contributed by atoms with van der Waals surface area (Å²) < 4.78 is 22.8. The van der Waals surface area contributed by atoms with Crippen LogP contribution in [-0.2, 0) is 20.6 Å². The smallest absolute Gasteiger partial charge is 0.353 e. The first-order chi connectivity index (χ1) is 22.2. The lowest BCUT2D eigenvalue weighted by Gasteiger charge is -2.47. The van der Waals surface area contributed by atoms with Gasteiger partial charge in [0.25, 0.3) is 5.54 Å². The highest BCUT2D eigenvalue weighted by molar-refractivity contribution is 6.27. The zero-order chi connectivity index (χ0) is 34.1. The SMILES string of the molecule is C[C@@H](O[Si]CC(C)(C)C)[C@H]1C(=O)N2C(C(=O)O)=C(/C=C/COc3ccc(COc4ccc5ccc(=O)oc5c4)cc3)[C@](C)([N+](=O)[O-])[C@@H]12. The van der Waals surface area contributed by atoms with Crippen LogP contribution in [0.5, 0.6) is 11.5 Å². The minimum Gasteiger partial charge on any atom is -0.490 e. The van der Waals surface area contributed by atoms with Crippen LogP contribution in [0.25, 0.3) is 11.0 Å². The van der Waals surface area contributed by atoms with Crippen molar-refractivity contribution in [2.75, 3.05) is 6.61 Å². The summed E-state index contributed by atoms with van der Waals surface area (Å²) in [6.07, 6.45) is 2.26. The normalized spacial score (nSPS) is 21.6. The molecule has 5 rings (SSSR count). The lowest BCUT2D eigenvalue weighted by molar-refractivity contribution is -0.561. The number of amides is 1. The third kappa shape index (κ3) is 6.86. The maximum absolute atomic E-state index is 13.2. The van der Waals surface area contributed by atoms with Gasteiger partial charge in [-0.25, -0.2) is 9.59 Å². The van der Waals surface area contributed by atoms with Gasteiger partial charge in [-0.2, -0.15) is 0 Å². The minimum atomic E-state index is -1.86. The van der Waals surface area contributed by atoms with Gasteiger partial charge in [-0.05, 0) is 60.4 Å². The summed E-state index contributed by atoms with van der Waals surface area (Å²) in [5.41, 5.74) is -1.45. The summed E-state index contributed by atoms with van der Waals surface area (Å²) in [4.78, 5) is 50.1.